The fraction of sp³-hybridized carbons (Fsp3) is 0.278. The van der Waals surface area contributed by atoms with Crippen LogP contribution in [0, 0.1) is 13.8 Å². The molecule has 4 N–H and O–H groups in total. The molecule has 2 aromatic carbocycles. The summed E-state index contributed by atoms with van der Waals surface area (Å²) < 4.78 is 0. The number of nitrogens with two attached hydrogens (primary N) is 1. The van der Waals surface area contributed by atoms with Crippen molar-refractivity contribution in [2.45, 2.75) is 33.7 Å². The van der Waals surface area contributed by atoms with Crippen LogP contribution in [0.5, 0.6) is 5.75 Å². The predicted molar refractivity (Wildman–Crippen MR) is 108 cm³/mol. The van der Waals surface area contributed by atoms with Crippen molar-refractivity contribution in [3.05, 3.63) is 58.7 Å². The number of aromatic hydroxyl groups is 1. The van der Waals surface area contributed by atoms with Gasteiger partial charge < -0.3 is 16.2 Å². The van der Waals surface area contributed by atoms with Crippen molar-refractivity contribution in [2.24, 2.45) is 10.7 Å². The fourth-order valence-corrected chi connectivity index (χ4v) is 2.32. The minimum absolute atomic E-state index is 0. The van der Waals surface area contributed by atoms with Gasteiger partial charge in [-0.05, 0) is 54.7 Å². The summed E-state index contributed by atoms with van der Waals surface area (Å²) >= 11 is 0. The van der Waals surface area contributed by atoms with E-state index in [1.807, 2.05) is 38.1 Å². The van der Waals surface area contributed by atoms with E-state index >= 15 is 0 Å². The Morgan fingerprint density at radius 1 is 1.09 bits per heavy atom. The monoisotopic (exact) mass is 425 g/mol. The van der Waals surface area contributed by atoms with Crippen molar-refractivity contribution in [1.82, 2.24) is 0 Å². The van der Waals surface area contributed by atoms with Crippen LogP contribution in [0.1, 0.15) is 29.2 Å². The topological polar surface area (TPSA) is 70.6 Å². The Bertz CT molecular complexity index is 658. The van der Waals surface area contributed by atoms with Crippen LogP contribution >= 0.6 is 24.0 Å². The molecule has 23 heavy (non-hydrogen) atoms. The van der Waals surface area contributed by atoms with E-state index in [9.17, 15) is 5.11 Å². The number of hydrogen-bond acceptors (Lipinski definition) is 2. The van der Waals surface area contributed by atoms with Crippen LogP contribution in [-0.2, 0) is 13.0 Å². The third-order valence-corrected chi connectivity index (χ3v) is 3.62. The largest absolute Gasteiger partial charge is 0.507 e. The van der Waals surface area contributed by atoms with Gasteiger partial charge >= 0.3 is 0 Å². The Labute approximate surface area is 154 Å². The molecule has 0 aromatic heterocycles. The van der Waals surface area contributed by atoms with Crippen molar-refractivity contribution in [3.63, 3.8) is 0 Å². The lowest BCUT2D eigenvalue weighted by Crippen LogP contribution is -2.22. The minimum atomic E-state index is 0. The third-order valence-electron chi connectivity index (χ3n) is 3.62. The van der Waals surface area contributed by atoms with Gasteiger partial charge in [-0.2, -0.15) is 0 Å². The quantitative estimate of drug-likeness (QED) is 0.392. The number of aryl methyl sites for hydroxylation is 3. The number of aliphatic imine (C=N–C) groups is 1. The molecule has 0 heterocycles. The standard InChI is InChI=1S/C18H23N3O.HI/c1-4-14-5-7-16(8-6-14)21-18(19)20-11-15-9-12(2)17(22)13(3)10-15;/h5-10,22H,4,11H2,1-3H3,(H3,19,20,21);1H. The summed E-state index contributed by atoms with van der Waals surface area (Å²) in [4.78, 5) is 4.35. The van der Waals surface area contributed by atoms with Gasteiger partial charge in [0.25, 0.3) is 0 Å². The molecule has 124 valence electrons. The van der Waals surface area contributed by atoms with E-state index in [2.05, 4.69) is 29.4 Å². The Hall–Kier alpha value is -1.76. The maximum absolute atomic E-state index is 9.77. The van der Waals surface area contributed by atoms with Crippen molar-refractivity contribution >= 4 is 35.6 Å². The number of hydrogen-bond donors (Lipinski definition) is 3. The SMILES string of the molecule is CCc1ccc(NC(N)=NCc2cc(C)c(O)c(C)c2)cc1.I. The number of anilines is 1. The highest BCUT2D eigenvalue weighted by molar-refractivity contribution is 14.0. The normalized spacial score (nSPS) is 11.0. The van der Waals surface area contributed by atoms with Gasteiger partial charge in [0.15, 0.2) is 5.96 Å². The zero-order valence-electron chi connectivity index (χ0n) is 13.8. The van der Waals surface area contributed by atoms with Crippen LogP contribution in [0.25, 0.3) is 0 Å². The zero-order valence-corrected chi connectivity index (χ0v) is 16.1. The highest BCUT2D eigenvalue weighted by atomic mass is 127. The smallest absolute Gasteiger partial charge is 0.193 e. The molecule has 2 aromatic rings. The second kappa shape index (κ2) is 8.76. The molecule has 0 aliphatic heterocycles. The molecule has 0 spiro atoms. The summed E-state index contributed by atoms with van der Waals surface area (Å²) in [7, 11) is 0. The zero-order chi connectivity index (χ0) is 16.1. The van der Waals surface area contributed by atoms with E-state index in [-0.39, 0.29) is 24.0 Å². The molecular formula is C18H24IN3O. The number of guanidine groups is 1. The lowest BCUT2D eigenvalue weighted by molar-refractivity contribution is 0.466. The molecule has 0 saturated carbocycles. The van der Waals surface area contributed by atoms with Gasteiger partial charge in [-0.15, -0.1) is 24.0 Å². The molecule has 0 aliphatic carbocycles. The van der Waals surface area contributed by atoms with Gasteiger partial charge in [-0.1, -0.05) is 31.2 Å². The van der Waals surface area contributed by atoms with Crippen LogP contribution in [0.15, 0.2) is 41.4 Å². The lowest BCUT2D eigenvalue weighted by atomic mass is 10.1. The van der Waals surface area contributed by atoms with E-state index in [1.54, 1.807) is 0 Å². The van der Waals surface area contributed by atoms with Crippen LogP contribution < -0.4 is 11.1 Å². The van der Waals surface area contributed by atoms with Gasteiger partial charge in [0.05, 0.1) is 6.54 Å². The summed E-state index contributed by atoms with van der Waals surface area (Å²) in [6, 6.07) is 12.0. The lowest BCUT2D eigenvalue weighted by Gasteiger charge is -2.08. The first kappa shape index (κ1) is 19.3. The van der Waals surface area contributed by atoms with Gasteiger partial charge in [0.2, 0.25) is 0 Å². The van der Waals surface area contributed by atoms with E-state index < -0.39 is 0 Å². The van der Waals surface area contributed by atoms with Gasteiger partial charge in [-0.3, -0.25) is 0 Å². The summed E-state index contributed by atoms with van der Waals surface area (Å²) in [6.45, 7) is 6.37. The molecule has 0 saturated heterocycles. The molecule has 2 rings (SSSR count). The number of nitrogens with one attached hydrogen (secondary N) is 1. The first-order valence-corrected chi connectivity index (χ1v) is 7.44. The van der Waals surface area contributed by atoms with Gasteiger partial charge in [0.1, 0.15) is 5.75 Å². The highest BCUT2D eigenvalue weighted by Gasteiger charge is 2.03. The van der Waals surface area contributed by atoms with E-state index in [4.69, 9.17) is 5.73 Å². The van der Waals surface area contributed by atoms with Crippen LogP contribution in [-0.4, -0.2) is 11.1 Å². The Morgan fingerprint density at radius 3 is 2.17 bits per heavy atom. The molecule has 0 bridgehead atoms. The van der Waals surface area contributed by atoms with Crippen LogP contribution in [0.2, 0.25) is 0 Å². The predicted octanol–water partition coefficient (Wildman–Crippen LogP) is 4.12. The number of nitrogens with zero attached hydrogens (tertiary/aromatic N) is 1. The molecule has 0 fully saturated rings. The summed E-state index contributed by atoms with van der Waals surface area (Å²) in [5.74, 6) is 0.725. The average Bonchev–Trinajstić information content (AvgIpc) is 2.51. The summed E-state index contributed by atoms with van der Waals surface area (Å²) in [5, 5.41) is 12.9. The van der Waals surface area contributed by atoms with Crippen molar-refractivity contribution in [2.75, 3.05) is 5.32 Å². The Morgan fingerprint density at radius 2 is 1.65 bits per heavy atom. The number of phenolic OH excluding ortho intramolecular Hbond substituents is 1. The van der Waals surface area contributed by atoms with Crippen LogP contribution in [0.3, 0.4) is 0 Å². The first-order valence-electron chi connectivity index (χ1n) is 7.44. The van der Waals surface area contributed by atoms with Gasteiger partial charge in [-0.25, -0.2) is 4.99 Å². The van der Waals surface area contributed by atoms with Crippen LogP contribution in [0.4, 0.5) is 5.69 Å². The number of phenols is 1. The second-order valence-corrected chi connectivity index (χ2v) is 5.46. The number of rotatable bonds is 4. The van der Waals surface area contributed by atoms with E-state index in [0.29, 0.717) is 18.3 Å². The van der Waals surface area contributed by atoms with E-state index in [0.717, 1.165) is 28.8 Å². The molecule has 0 atom stereocenters. The van der Waals surface area contributed by atoms with Crippen molar-refractivity contribution in [3.8, 4) is 5.75 Å². The maximum atomic E-state index is 9.77. The maximum Gasteiger partial charge on any atom is 0.193 e. The molecule has 0 radical (unpaired) electrons. The average molecular weight is 425 g/mol. The Kier molecular flexibility index (Phi) is 7.35. The van der Waals surface area contributed by atoms with E-state index in [1.165, 1.54) is 5.56 Å². The molecule has 0 unspecified atom stereocenters. The molecule has 5 heteroatoms. The number of halogens is 1. The fourth-order valence-electron chi connectivity index (χ4n) is 2.32. The Balaban J connectivity index is 0.00000264. The first-order chi connectivity index (χ1) is 10.5. The van der Waals surface area contributed by atoms with Crippen molar-refractivity contribution < 1.29 is 5.11 Å². The summed E-state index contributed by atoms with van der Waals surface area (Å²) in [5.41, 5.74) is 10.9. The molecule has 0 aliphatic rings. The number of benzene rings is 2. The minimum Gasteiger partial charge on any atom is -0.507 e. The third kappa shape index (κ3) is 5.42. The molecular weight excluding hydrogens is 401 g/mol. The van der Waals surface area contributed by atoms with Crippen molar-refractivity contribution in [1.29, 1.82) is 0 Å². The molecule has 0 amide bonds. The second-order valence-electron chi connectivity index (χ2n) is 5.46. The summed E-state index contributed by atoms with van der Waals surface area (Å²) in [6.07, 6.45) is 1.02. The van der Waals surface area contributed by atoms with Gasteiger partial charge in [0, 0.05) is 5.69 Å². The highest BCUT2D eigenvalue weighted by Crippen LogP contribution is 2.23. The molecule has 4 nitrogen and oxygen atoms in total.